The first-order valence-corrected chi connectivity index (χ1v) is 9.81. The minimum Gasteiger partial charge on any atom is -0.489 e. The maximum Gasteiger partial charge on any atom is 0.119 e. The second-order valence-electron chi connectivity index (χ2n) is 7.11. The standard InChI is InChI=1S/C26H24N2O2/c27-23-9-13-25(14-10-23)29-17-19-1-5-21(6-2-19)22-7-3-20(4-8-22)18-30-26-15-11-24(28)12-16-26/h1-16H,17-18,27-28H2. The second kappa shape index (κ2) is 9.05. The highest BCUT2D eigenvalue weighted by Gasteiger charge is 2.02. The van der Waals surface area contributed by atoms with Crippen LogP contribution in [0.15, 0.2) is 97.1 Å². The fourth-order valence-corrected chi connectivity index (χ4v) is 3.05. The molecule has 0 bridgehead atoms. The third kappa shape index (κ3) is 5.11. The van der Waals surface area contributed by atoms with E-state index in [1.807, 2.05) is 48.5 Å². The fourth-order valence-electron chi connectivity index (χ4n) is 3.05. The molecule has 0 unspecified atom stereocenters. The van der Waals surface area contributed by atoms with Gasteiger partial charge in [-0.15, -0.1) is 0 Å². The molecule has 0 saturated carbocycles. The van der Waals surface area contributed by atoms with Crippen LogP contribution in [0, 0.1) is 0 Å². The van der Waals surface area contributed by atoms with Crippen molar-refractivity contribution in [3.63, 3.8) is 0 Å². The molecule has 0 aliphatic carbocycles. The van der Waals surface area contributed by atoms with Crippen LogP contribution >= 0.6 is 0 Å². The van der Waals surface area contributed by atoms with Crippen molar-refractivity contribution in [3.05, 3.63) is 108 Å². The highest BCUT2D eigenvalue weighted by Crippen LogP contribution is 2.22. The molecule has 30 heavy (non-hydrogen) atoms. The van der Waals surface area contributed by atoms with E-state index < -0.39 is 0 Å². The number of rotatable bonds is 7. The van der Waals surface area contributed by atoms with Crippen LogP contribution in [0.5, 0.6) is 11.5 Å². The molecule has 0 aliphatic heterocycles. The predicted molar refractivity (Wildman–Crippen MR) is 122 cm³/mol. The summed E-state index contributed by atoms with van der Waals surface area (Å²) in [5.41, 5.74) is 17.4. The summed E-state index contributed by atoms with van der Waals surface area (Å²) < 4.78 is 11.6. The Morgan fingerprint density at radius 2 is 0.767 bits per heavy atom. The smallest absolute Gasteiger partial charge is 0.119 e. The maximum atomic E-state index is 5.80. The maximum absolute atomic E-state index is 5.80. The van der Waals surface area contributed by atoms with E-state index in [2.05, 4.69) is 48.5 Å². The van der Waals surface area contributed by atoms with Crippen LogP contribution in [0.2, 0.25) is 0 Å². The van der Waals surface area contributed by atoms with Gasteiger partial charge < -0.3 is 20.9 Å². The topological polar surface area (TPSA) is 70.5 Å². The number of ether oxygens (including phenoxy) is 2. The van der Waals surface area contributed by atoms with E-state index >= 15 is 0 Å². The minimum absolute atomic E-state index is 0.519. The lowest BCUT2D eigenvalue weighted by Gasteiger charge is -2.09. The Hall–Kier alpha value is -3.92. The van der Waals surface area contributed by atoms with Gasteiger partial charge in [-0.1, -0.05) is 48.5 Å². The second-order valence-corrected chi connectivity index (χ2v) is 7.11. The largest absolute Gasteiger partial charge is 0.489 e. The zero-order chi connectivity index (χ0) is 20.8. The first kappa shape index (κ1) is 19.4. The monoisotopic (exact) mass is 396 g/mol. The summed E-state index contributed by atoms with van der Waals surface area (Å²) in [7, 11) is 0. The van der Waals surface area contributed by atoms with Gasteiger partial charge in [0.25, 0.3) is 0 Å². The molecule has 0 fully saturated rings. The van der Waals surface area contributed by atoms with Crippen molar-refractivity contribution in [2.24, 2.45) is 0 Å². The average Bonchev–Trinajstić information content (AvgIpc) is 2.79. The van der Waals surface area contributed by atoms with E-state index in [4.69, 9.17) is 20.9 Å². The Morgan fingerprint density at radius 1 is 0.433 bits per heavy atom. The van der Waals surface area contributed by atoms with Crippen molar-refractivity contribution in [3.8, 4) is 22.6 Å². The summed E-state index contributed by atoms with van der Waals surface area (Å²) in [6.45, 7) is 1.04. The summed E-state index contributed by atoms with van der Waals surface area (Å²) >= 11 is 0. The highest BCUT2D eigenvalue weighted by atomic mass is 16.5. The van der Waals surface area contributed by atoms with Crippen LogP contribution in [-0.2, 0) is 13.2 Å². The lowest BCUT2D eigenvalue weighted by molar-refractivity contribution is 0.306. The van der Waals surface area contributed by atoms with E-state index in [1.54, 1.807) is 0 Å². The van der Waals surface area contributed by atoms with E-state index in [0.717, 1.165) is 45.1 Å². The van der Waals surface area contributed by atoms with Crippen LogP contribution in [0.3, 0.4) is 0 Å². The third-order valence-corrected chi connectivity index (χ3v) is 4.81. The summed E-state index contributed by atoms with van der Waals surface area (Å²) in [5.74, 6) is 1.62. The minimum atomic E-state index is 0.519. The Morgan fingerprint density at radius 3 is 1.10 bits per heavy atom. The molecule has 4 aromatic rings. The lowest BCUT2D eigenvalue weighted by atomic mass is 10.0. The predicted octanol–water partition coefficient (Wildman–Crippen LogP) is 5.68. The van der Waals surface area contributed by atoms with Gasteiger partial charge in [0, 0.05) is 11.4 Å². The Bertz CT molecular complexity index is 981. The fraction of sp³-hybridized carbons (Fsp3) is 0.0769. The number of nitrogen functional groups attached to an aromatic ring is 2. The molecule has 0 aliphatic rings. The third-order valence-electron chi connectivity index (χ3n) is 4.81. The van der Waals surface area contributed by atoms with Crippen molar-refractivity contribution in [1.82, 2.24) is 0 Å². The molecule has 0 aromatic heterocycles. The normalized spacial score (nSPS) is 10.5. The first-order valence-electron chi connectivity index (χ1n) is 9.81. The Labute approximate surface area is 176 Å². The lowest BCUT2D eigenvalue weighted by Crippen LogP contribution is -1.96. The Kier molecular flexibility index (Phi) is 5.85. The van der Waals surface area contributed by atoms with Crippen molar-refractivity contribution in [2.75, 3.05) is 11.5 Å². The molecule has 0 atom stereocenters. The van der Waals surface area contributed by atoms with Gasteiger partial charge in [0.2, 0.25) is 0 Å². The molecular formula is C26H24N2O2. The van der Waals surface area contributed by atoms with Gasteiger partial charge in [0.05, 0.1) is 0 Å². The van der Waals surface area contributed by atoms with Crippen molar-refractivity contribution < 1.29 is 9.47 Å². The average molecular weight is 396 g/mol. The highest BCUT2D eigenvalue weighted by molar-refractivity contribution is 5.64. The quantitative estimate of drug-likeness (QED) is 0.395. The molecule has 4 aromatic carbocycles. The van der Waals surface area contributed by atoms with Crippen molar-refractivity contribution >= 4 is 11.4 Å². The van der Waals surface area contributed by atoms with Crippen molar-refractivity contribution in [1.29, 1.82) is 0 Å². The zero-order valence-electron chi connectivity index (χ0n) is 16.6. The summed E-state index contributed by atoms with van der Waals surface area (Å²) in [6, 6.07) is 31.7. The van der Waals surface area contributed by atoms with E-state index in [1.165, 1.54) is 0 Å². The molecule has 150 valence electrons. The number of hydrogen-bond donors (Lipinski definition) is 2. The van der Waals surface area contributed by atoms with E-state index in [9.17, 15) is 0 Å². The number of anilines is 2. The van der Waals surface area contributed by atoms with Crippen LogP contribution in [-0.4, -0.2) is 0 Å². The van der Waals surface area contributed by atoms with Gasteiger partial charge in [0.15, 0.2) is 0 Å². The molecule has 4 nitrogen and oxygen atoms in total. The molecule has 4 heteroatoms. The molecule has 0 spiro atoms. The molecule has 4 N–H and O–H groups in total. The number of benzene rings is 4. The molecule has 0 radical (unpaired) electrons. The number of nitrogens with two attached hydrogens (primary N) is 2. The van der Waals surface area contributed by atoms with Crippen LogP contribution < -0.4 is 20.9 Å². The van der Waals surface area contributed by atoms with Crippen LogP contribution in [0.1, 0.15) is 11.1 Å². The van der Waals surface area contributed by atoms with Gasteiger partial charge in [0.1, 0.15) is 24.7 Å². The van der Waals surface area contributed by atoms with Crippen LogP contribution in [0.4, 0.5) is 11.4 Å². The summed E-state index contributed by atoms with van der Waals surface area (Å²) in [6.07, 6.45) is 0. The first-order chi connectivity index (χ1) is 14.7. The molecule has 0 amide bonds. The number of hydrogen-bond acceptors (Lipinski definition) is 4. The van der Waals surface area contributed by atoms with Gasteiger partial charge in [-0.2, -0.15) is 0 Å². The van der Waals surface area contributed by atoms with Gasteiger partial charge >= 0.3 is 0 Å². The Balaban J connectivity index is 1.33. The van der Waals surface area contributed by atoms with E-state index in [0.29, 0.717) is 13.2 Å². The molecule has 0 heterocycles. The summed E-state index contributed by atoms with van der Waals surface area (Å²) in [5, 5.41) is 0. The zero-order valence-corrected chi connectivity index (χ0v) is 16.6. The molecule has 0 saturated heterocycles. The summed E-state index contributed by atoms with van der Waals surface area (Å²) in [4.78, 5) is 0. The van der Waals surface area contributed by atoms with Crippen molar-refractivity contribution in [2.45, 2.75) is 13.2 Å². The molecular weight excluding hydrogens is 372 g/mol. The van der Waals surface area contributed by atoms with Gasteiger partial charge in [-0.25, -0.2) is 0 Å². The molecule has 4 rings (SSSR count). The van der Waals surface area contributed by atoms with E-state index in [-0.39, 0.29) is 0 Å². The van der Waals surface area contributed by atoms with Gasteiger partial charge in [-0.3, -0.25) is 0 Å². The van der Waals surface area contributed by atoms with Gasteiger partial charge in [-0.05, 0) is 70.8 Å². The SMILES string of the molecule is Nc1ccc(OCc2ccc(-c3ccc(COc4ccc(N)cc4)cc3)cc2)cc1. The van der Waals surface area contributed by atoms with Crippen LogP contribution in [0.25, 0.3) is 11.1 Å².